The van der Waals surface area contributed by atoms with E-state index in [1.807, 2.05) is 6.92 Å². The third-order valence-corrected chi connectivity index (χ3v) is 2.82. The van der Waals surface area contributed by atoms with Crippen LogP contribution in [0.1, 0.15) is 17.4 Å². The number of aryl methyl sites for hydroxylation is 1. The quantitative estimate of drug-likeness (QED) is 0.908. The molecule has 0 aliphatic rings. The van der Waals surface area contributed by atoms with Crippen molar-refractivity contribution in [2.45, 2.75) is 13.5 Å². The maximum atomic E-state index is 12.9. The number of carbonyl (C=O) groups is 1. The zero-order valence-electron chi connectivity index (χ0n) is 10.2. The number of halogens is 2. The topological polar surface area (TPSA) is 72.9 Å². The summed E-state index contributed by atoms with van der Waals surface area (Å²) in [4.78, 5) is 12.0. The lowest BCUT2D eigenvalue weighted by atomic mass is 10.3. The molecule has 1 amide bonds. The first kappa shape index (κ1) is 13.4. The van der Waals surface area contributed by atoms with Gasteiger partial charge in [0.2, 0.25) is 0 Å². The number of nitrogens with one attached hydrogen (secondary N) is 1. The van der Waals surface area contributed by atoms with Gasteiger partial charge in [0.05, 0.1) is 16.4 Å². The lowest BCUT2D eigenvalue weighted by Gasteiger charge is -2.06. The molecule has 0 aliphatic heterocycles. The Labute approximate surface area is 114 Å². The van der Waals surface area contributed by atoms with Crippen molar-refractivity contribution < 1.29 is 9.18 Å². The molecule has 1 aromatic carbocycles. The summed E-state index contributed by atoms with van der Waals surface area (Å²) in [6, 6.07) is 3.70. The second-order valence-electron chi connectivity index (χ2n) is 3.87. The average Bonchev–Trinajstić information content (AvgIpc) is 2.74. The van der Waals surface area contributed by atoms with Crippen LogP contribution in [0.15, 0.2) is 24.4 Å². The van der Waals surface area contributed by atoms with Crippen molar-refractivity contribution in [2.75, 3.05) is 11.1 Å². The van der Waals surface area contributed by atoms with Crippen LogP contribution in [0.4, 0.5) is 15.8 Å². The monoisotopic (exact) mass is 282 g/mol. The van der Waals surface area contributed by atoms with E-state index in [2.05, 4.69) is 10.4 Å². The van der Waals surface area contributed by atoms with Crippen molar-refractivity contribution in [1.82, 2.24) is 9.78 Å². The van der Waals surface area contributed by atoms with Crippen LogP contribution in [0.5, 0.6) is 0 Å². The molecule has 2 aromatic rings. The first-order chi connectivity index (χ1) is 9.01. The lowest BCUT2D eigenvalue weighted by Crippen LogP contribution is -2.15. The molecule has 3 N–H and O–H groups in total. The largest absolute Gasteiger partial charge is 0.396 e. The second-order valence-corrected chi connectivity index (χ2v) is 4.27. The first-order valence-electron chi connectivity index (χ1n) is 5.60. The molecular formula is C12H12ClFN4O. The number of aromatic nitrogens is 2. The number of hydrogen-bond acceptors (Lipinski definition) is 3. The minimum atomic E-state index is -0.488. The fraction of sp³-hybridized carbons (Fsp3) is 0.167. The van der Waals surface area contributed by atoms with Gasteiger partial charge >= 0.3 is 0 Å². The normalized spacial score (nSPS) is 10.5. The van der Waals surface area contributed by atoms with Gasteiger partial charge in [0.25, 0.3) is 5.91 Å². The van der Waals surface area contributed by atoms with E-state index in [1.165, 1.54) is 12.1 Å². The molecule has 0 fully saturated rings. The second kappa shape index (κ2) is 5.27. The molecule has 7 heteroatoms. The standard InChI is InChI=1S/C12H12ClFN4O/c1-2-18-6-9(15)11(17-18)12(19)16-10-4-3-7(14)5-8(10)13/h3-6H,2,15H2,1H3,(H,16,19). The maximum absolute atomic E-state index is 12.9. The van der Waals surface area contributed by atoms with E-state index >= 15 is 0 Å². The van der Waals surface area contributed by atoms with Crippen molar-refractivity contribution in [2.24, 2.45) is 0 Å². The number of amides is 1. The summed E-state index contributed by atoms with van der Waals surface area (Å²) in [6.45, 7) is 2.49. The van der Waals surface area contributed by atoms with Gasteiger partial charge in [0, 0.05) is 12.7 Å². The first-order valence-corrected chi connectivity index (χ1v) is 5.98. The van der Waals surface area contributed by atoms with Crippen molar-refractivity contribution >= 4 is 28.9 Å². The highest BCUT2D eigenvalue weighted by Gasteiger charge is 2.16. The van der Waals surface area contributed by atoms with E-state index in [4.69, 9.17) is 17.3 Å². The van der Waals surface area contributed by atoms with Crippen LogP contribution in [-0.2, 0) is 6.54 Å². The Kier molecular flexibility index (Phi) is 3.71. The molecule has 1 aromatic heterocycles. The van der Waals surface area contributed by atoms with Gasteiger partial charge in [-0.05, 0) is 25.1 Å². The smallest absolute Gasteiger partial charge is 0.278 e. The Balaban J connectivity index is 2.23. The van der Waals surface area contributed by atoms with Crippen LogP contribution in [0.2, 0.25) is 5.02 Å². The molecule has 1 heterocycles. The average molecular weight is 283 g/mol. The van der Waals surface area contributed by atoms with Crippen LogP contribution in [0, 0.1) is 5.82 Å². The highest BCUT2D eigenvalue weighted by atomic mass is 35.5. The number of nitrogen functional groups attached to an aromatic ring is 1. The SMILES string of the molecule is CCn1cc(N)c(C(=O)Nc2ccc(F)cc2Cl)n1. The summed E-state index contributed by atoms with van der Waals surface area (Å²) in [5, 5.41) is 6.69. The predicted molar refractivity (Wildman–Crippen MR) is 71.7 cm³/mol. The summed E-state index contributed by atoms with van der Waals surface area (Å²) in [6.07, 6.45) is 1.57. The highest BCUT2D eigenvalue weighted by molar-refractivity contribution is 6.33. The highest BCUT2D eigenvalue weighted by Crippen LogP contribution is 2.23. The third kappa shape index (κ3) is 2.85. The lowest BCUT2D eigenvalue weighted by molar-refractivity contribution is 0.102. The van der Waals surface area contributed by atoms with Crippen LogP contribution < -0.4 is 11.1 Å². The molecule has 0 spiro atoms. The number of rotatable bonds is 3. The van der Waals surface area contributed by atoms with Gasteiger partial charge in [-0.1, -0.05) is 11.6 Å². The van der Waals surface area contributed by atoms with E-state index in [0.717, 1.165) is 6.07 Å². The Hall–Kier alpha value is -2.08. The van der Waals surface area contributed by atoms with Crippen LogP contribution in [0.3, 0.4) is 0 Å². The van der Waals surface area contributed by atoms with Crippen LogP contribution in [-0.4, -0.2) is 15.7 Å². The Morgan fingerprint density at radius 2 is 2.32 bits per heavy atom. The molecule has 0 atom stereocenters. The van der Waals surface area contributed by atoms with Gasteiger partial charge in [-0.2, -0.15) is 5.10 Å². The van der Waals surface area contributed by atoms with E-state index in [0.29, 0.717) is 12.2 Å². The Morgan fingerprint density at radius 1 is 1.58 bits per heavy atom. The van der Waals surface area contributed by atoms with Crippen LogP contribution >= 0.6 is 11.6 Å². The Bertz CT molecular complexity index is 626. The zero-order valence-corrected chi connectivity index (χ0v) is 10.9. The molecule has 0 saturated heterocycles. The minimum absolute atomic E-state index is 0.113. The maximum Gasteiger partial charge on any atom is 0.278 e. The molecule has 0 unspecified atom stereocenters. The Morgan fingerprint density at radius 3 is 2.89 bits per heavy atom. The van der Waals surface area contributed by atoms with Gasteiger partial charge in [0.15, 0.2) is 5.69 Å². The third-order valence-electron chi connectivity index (χ3n) is 2.51. The summed E-state index contributed by atoms with van der Waals surface area (Å²) in [5.74, 6) is -0.962. The number of nitrogens with two attached hydrogens (primary N) is 1. The predicted octanol–water partition coefficient (Wildman–Crippen LogP) is 2.53. The van der Waals surface area contributed by atoms with Crippen molar-refractivity contribution in [3.8, 4) is 0 Å². The van der Waals surface area contributed by atoms with E-state index in [-0.39, 0.29) is 16.4 Å². The molecule has 5 nitrogen and oxygen atoms in total. The van der Waals surface area contributed by atoms with Gasteiger partial charge in [-0.25, -0.2) is 4.39 Å². The fourth-order valence-electron chi connectivity index (χ4n) is 1.55. The molecule has 0 radical (unpaired) electrons. The molecule has 2 rings (SSSR count). The van der Waals surface area contributed by atoms with Crippen LogP contribution in [0.25, 0.3) is 0 Å². The van der Waals surface area contributed by atoms with Crippen molar-refractivity contribution in [1.29, 1.82) is 0 Å². The fourth-order valence-corrected chi connectivity index (χ4v) is 1.76. The molecular weight excluding hydrogens is 271 g/mol. The number of carbonyl (C=O) groups excluding carboxylic acids is 1. The van der Waals surface area contributed by atoms with Gasteiger partial charge in [0.1, 0.15) is 5.82 Å². The van der Waals surface area contributed by atoms with E-state index in [9.17, 15) is 9.18 Å². The van der Waals surface area contributed by atoms with Crippen molar-refractivity contribution in [3.05, 3.63) is 40.9 Å². The van der Waals surface area contributed by atoms with Gasteiger partial charge in [-0.15, -0.1) is 0 Å². The molecule has 19 heavy (non-hydrogen) atoms. The number of hydrogen-bond donors (Lipinski definition) is 2. The summed E-state index contributed by atoms with van der Waals surface area (Å²) >= 11 is 5.82. The molecule has 100 valence electrons. The van der Waals surface area contributed by atoms with E-state index < -0.39 is 11.7 Å². The van der Waals surface area contributed by atoms with Crippen molar-refractivity contribution in [3.63, 3.8) is 0 Å². The summed E-state index contributed by atoms with van der Waals surface area (Å²) in [5.41, 5.74) is 6.39. The molecule has 0 aliphatic carbocycles. The summed E-state index contributed by atoms with van der Waals surface area (Å²) < 4.78 is 14.4. The number of nitrogens with zero attached hydrogens (tertiary/aromatic N) is 2. The molecule has 0 bridgehead atoms. The number of benzene rings is 1. The van der Waals surface area contributed by atoms with Gasteiger partial charge < -0.3 is 11.1 Å². The van der Waals surface area contributed by atoms with E-state index in [1.54, 1.807) is 10.9 Å². The molecule has 0 saturated carbocycles. The minimum Gasteiger partial charge on any atom is -0.396 e. The zero-order chi connectivity index (χ0) is 14.0. The van der Waals surface area contributed by atoms with Gasteiger partial charge in [-0.3, -0.25) is 9.48 Å². The number of anilines is 2. The summed E-state index contributed by atoms with van der Waals surface area (Å²) in [7, 11) is 0.